The number of nitrogens with one attached hydrogen (secondary N) is 1. The van der Waals surface area contributed by atoms with Crippen molar-refractivity contribution in [2.24, 2.45) is 0 Å². The second-order valence-electron chi connectivity index (χ2n) is 5.31. The van der Waals surface area contributed by atoms with Crippen LogP contribution in [0.4, 0.5) is 14.9 Å². The second-order valence-corrected chi connectivity index (χ2v) is 6.23. The first-order valence-electron chi connectivity index (χ1n) is 7.30. The highest BCUT2D eigenvalue weighted by Crippen LogP contribution is 2.21. The topological polar surface area (TPSA) is 58.6 Å². The van der Waals surface area contributed by atoms with E-state index in [1.807, 2.05) is 0 Å². The maximum Gasteiger partial charge on any atom is 0.414 e. The normalized spacial score (nSPS) is 16.8. The number of ether oxygens (including phenoxy) is 1. The Hall–Kier alpha value is -2.41. The summed E-state index contributed by atoms with van der Waals surface area (Å²) >= 11 is 3.31. The Morgan fingerprint density at radius 3 is 2.54 bits per heavy atom. The van der Waals surface area contributed by atoms with Crippen LogP contribution in [0, 0.1) is 5.82 Å². The van der Waals surface area contributed by atoms with E-state index in [9.17, 15) is 14.0 Å². The fourth-order valence-electron chi connectivity index (χ4n) is 2.37. The number of hydrogen-bond donors (Lipinski definition) is 1. The number of cyclic esters (lactones) is 1. The standard InChI is InChI=1S/C17H14BrFN2O3/c18-12-3-1-11(2-4-12)16(22)20-9-15-10-21(17(23)24-15)14-7-5-13(19)6-8-14/h1-8,15H,9-10H2,(H,20,22). The number of benzene rings is 2. The lowest BCUT2D eigenvalue weighted by Crippen LogP contribution is -2.34. The van der Waals surface area contributed by atoms with Gasteiger partial charge in [-0.25, -0.2) is 9.18 Å². The Labute approximate surface area is 146 Å². The molecule has 2 aromatic rings. The lowest BCUT2D eigenvalue weighted by Gasteiger charge is -2.13. The Kier molecular flexibility index (Phi) is 4.80. The monoisotopic (exact) mass is 392 g/mol. The van der Waals surface area contributed by atoms with E-state index in [0.29, 0.717) is 17.8 Å². The van der Waals surface area contributed by atoms with Gasteiger partial charge in [-0.3, -0.25) is 9.69 Å². The van der Waals surface area contributed by atoms with Crippen molar-refractivity contribution in [1.29, 1.82) is 0 Å². The van der Waals surface area contributed by atoms with Gasteiger partial charge < -0.3 is 10.1 Å². The molecule has 0 radical (unpaired) electrons. The van der Waals surface area contributed by atoms with Crippen LogP contribution in [0.2, 0.25) is 0 Å². The van der Waals surface area contributed by atoms with Crippen LogP contribution in [0.3, 0.4) is 0 Å². The number of halogens is 2. The van der Waals surface area contributed by atoms with E-state index < -0.39 is 12.2 Å². The van der Waals surface area contributed by atoms with E-state index in [2.05, 4.69) is 21.2 Å². The molecule has 1 heterocycles. The number of rotatable bonds is 4. The number of anilines is 1. The van der Waals surface area contributed by atoms with Crippen LogP contribution < -0.4 is 10.2 Å². The molecule has 24 heavy (non-hydrogen) atoms. The van der Waals surface area contributed by atoms with Gasteiger partial charge in [0.15, 0.2) is 0 Å². The molecule has 7 heteroatoms. The summed E-state index contributed by atoms with van der Waals surface area (Å²) in [7, 11) is 0. The van der Waals surface area contributed by atoms with Crippen LogP contribution in [-0.2, 0) is 4.74 Å². The summed E-state index contributed by atoms with van der Waals surface area (Å²) in [5, 5.41) is 2.74. The van der Waals surface area contributed by atoms with Crippen LogP contribution in [0.15, 0.2) is 53.0 Å². The summed E-state index contributed by atoms with van der Waals surface area (Å²) in [4.78, 5) is 25.4. The largest absolute Gasteiger partial charge is 0.442 e. The maximum absolute atomic E-state index is 13.0. The third-order valence-corrected chi connectivity index (χ3v) is 4.14. The molecule has 2 amide bonds. The summed E-state index contributed by atoms with van der Waals surface area (Å²) in [6.45, 7) is 0.503. The van der Waals surface area contributed by atoms with Gasteiger partial charge in [0.1, 0.15) is 11.9 Å². The van der Waals surface area contributed by atoms with E-state index in [1.54, 1.807) is 24.3 Å². The molecule has 1 unspecified atom stereocenters. The van der Waals surface area contributed by atoms with Crippen LogP contribution in [0.25, 0.3) is 0 Å². The Balaban J connectivity index is 1.57. The Bertz CT molecular complexity index is 749. The average molecular weight is 393 g/mol. The van der Waals surface area contributed by atoms with E-state index in [0.717, 1.165) is 4.47 Å². The molecule has 1 fully saturated rings. The van der Waals surface area contributed by atoms with Crippen LogP contribution in [0.5, 0.6) is 0 Å². The number of nitrogens with zero attached hydrogens (tertiary/aromatic N) is 1. The minimum atomic E-state index is -0.510. The third-order valence-electron chi connectivity index (χ3n) is 3.61. The summed E-state index contributed by atoms with van der Waals surface area (Å²) < 4.78 is 19.1. The van der Waals surface area contributed by atoms with Gasteiger partial charge in [-0.15, -0.1) is 0 Å². The zero-order valence-corrected chi connectivity index (χ0v) is 14.1. The lowest BCUT2D eigenvalue weighted by molar-refractivity contribution is 0.0916. The molecule has 0 aromatic heterocycles. The van der Waals surface area contributed by atoms with Crippen molar-refractivity contribution in [2.75, 3.05) is 18.0 Å². The molecular formula is C17H14BrFN2O3. The first-order valence-corrected chi connectivity index (χ1v) is 8.10. The second kappa shape index (κ2) is 7.00. The minimum absolute atomic E-state index is 0.207. The highest BCUT2D eigenvalue weighted by Gasteiger charge is 2.32. The number of carbonyl (C=O) groups is 2. The van der Waals surface area contributed by atoms with Crippen molar-refractivity contribution >= 4 is 33.6 Å². The average Bonchev–Trinajstić information content (AvgIpc) is 2.95. The molecule has 1 N–H and O–H groups in total. The van der Waals surface area contributed by atoms with Crippen molar-refractivity contribution < 1.29 is 18.7 Å². The first-order chi connectivity index (χ1) is 11.5. The summed E-state index contributed by atoms with van der Waals surface area (Å²) in [5.41, 5.74) is 1.08. The molecule has 124 valence electrons. The van der Waals surface area contributed by atoms with E-state index in [4.69, 9.17) is 4.74 Å². The first kappa shape index (κ1) is 16.4. The van der Waals surface area contributed by atoms with E-state index >= 15 is 0 Å². The molecule has 0 bridgehead atoms. The molecule has 1 aliphatic heterocycles. The number of amides is 2. The molecule has 0 saturated carbocycles. The molecular weight excluding hydrogens is 379 g/mol. The zero-order valence-electron chi connectivity index (χ0n) is 12.5. The van der Waals surface area contributed by atoms with Gasteiger partial charge in [0.25, 0.3) is 5.91 Å². The SMILES string of the molecule is O=C(NCC1CN(c2ccc(F)cc2)C(=O)O1)c1ccc(Br)cc1. The molecule has 3 rings (SSSR count). The predicted octanol–water partition coefficient (Wildman–Crippen LogP) is 3.34. The van der Waals surface area contributed by atoms with E-state index in [-0.39, 0.29) is 18.3 Å². The number of hydrogen-bond acceptors (Lipinski definition) is 3. The molecule has 1 atom stereocenters. The smallest absolute Gasteiger partial charge is 0.414 e. The van der Waals surface area contributed by atoms with Crippen molar-refractivity contribution in [3.8, 4) is 0 Å². The fraction of sp³-hybridized carbons (Fsp3) is 0.176. The van der Waals surface area contributed by atoms with E-state index in [1.165, 1.54) is 29.2 Å². The molecule has 0 aliphatic carbocycles. The highest BCUT2D eigenvalue weighted by atomic mass is 79.9. The van der Waals surface area contributed by atoms with Crippen LogP contribution in [-0.4, -0.2) is 31.2 Å². The van der Waals surface area contributed by atoms with Gasteiger partial charge in [0, 0.05) is 15.7 Å². The van der Waals surface area contributed by atoms with Crippen molar-refractivity contribution in [3.05, 3.63) is 64.4 Å². The van der Waals surface area contributed by atoms with Crippen LogP contribution >= 0.6 is 15.9 Å². The van der Waals surface area contributed by atoms with Crippen molar-refractivity contribution in [1.82, 2.24) is 5.32 Å². The van der Waals surface area contributed by atoms with Gasteiger partial charge in [0.05, 0.1) is 13.1 Å². The summed E-state index contributed by atoms with van der Waals surface area (Å²) in [5.74, 6) is -0.608. The Morgan fingerprint density at radius 2 is 1.88 bits per heavy atom. The van der Waals surface area contributed by atoms with Gasteiger partial charge in [-0.2, -0.15) is 0 Å². The molecule has 1 aliphatic rings. The highest BCUT2D eigenvalue weighted by molar-refractivity contribution is 9.10. The third kappa shape index (κ3) is 3.73. The summed E-state index contributed by atoms with van der Waals surface area (Å²) in [6, 6.07) is 12.5. The van der Waals surface area contributed by atoms with Gasteiger partial charge in [0.2, 0.25) is 0 Å². The van der Waals surface area contributed by atoms with Crippen LogP contribution in [0.1, 0.15) is 10.4 Å². The van der Waals surface area contributed by atoms with Gasteiger partial charge >= 0.3 is 6.09 Å². The predicted molar refractivity (Wildman–Crippen MR) is 90.5 cm³/mol. The number of carbonyl (C=O) groups excluding carboxylic acids is 2. The Morgan fingerprint density at radius 1 is 1.21 bits per heavy atom. The quantitative estimate of drug-likeness (QED) is 0.867. The molecule has 2 aromatic carbocycles. The summed E-state index contributed by atoms with van der Waals surface area (Å²) in [6.07, 6.45) is -0.966. The van der Waals surface area contributed by atoms with Gasteiger partial charge in [-0.05, 0) is 48.5 Å². The molecule has 1 saturated heterocycles. The molecule has 5 nitrogen and oxygen atoms in total. The van der Waals surface area contributed by atoms with Crippen molar-refractivity contribution in [2.45, 2.75) is 6.10 Å². The minimum Gasteiger partial charge on any atom is -0.442 e. The van der Waals surface area contributed by atoms with Gasteiger partial charge in [-0.1, -0.05) is 15.9 Å². The maximum atomic E-state index is 13.0. The zero-order chi connectivity index (χ0) is 17.1. The fourth-order valence-corrected chi connectivity index (χ4v) is 2.63. The lowest BCUT2D eigenvalue weighted by atomic mass is 10.2. The van der Waals surface area contributed by atoms with Crippen molar-refractivity contribution in [3.63, 3.8) is 0 Å². The molecule has 0 spiro atoms.